The number of hydrogen-bond acceptors (Lipinski definition) is 6. The van der Waals surface area contributed by atoms with E-state index in [2.05, 4.69) is 10.4 Å². The number of likely N-dealkylation sites (N-methyl/N-ethyl adjacent to an activating group) is 1. The SMILES string of the molecule is COCCN(C)CC(=O)N1CC[C@]2(C(=O)Nc3ccccc32)[C@@H]1c1cnn(C)c1.O=CO. The minimum absolute atomic E-state index is 0.00603. The molecule has 2 amide bonds. The van der Waals surface area contributed by atoms with Crippen molar-refractivity contribution < 1.29 is 24.2 Å². The van der Waals surface area contributed by atoms with Gasteiger partial charge in [-0.2, -0.15) is 5.10 Å². The lowest BCUT2D eigenvalue weighted by molar-refractivity contribution is -0.134. The Morgan fingerprint density at radius 3 is 2.81 bits per heavy atom. The molecule has 10 nitrogen and oxygen atoms in total. The normalized spacial score (nSPS) is 21.3. The second-order valence-electron chi connectivity index (χ2n) is 7.99. The number of nitrogens with zero attached hydrogens (tertiary/aromatic N) is 4. The van der Waals surface area contributed by atoms with Crippen molar-refractivity contribution in [2.45, 2.75) is 17.9 Å². The van der Waals surface area contributed by atoms with E-state index in [-0.39, 0.29) is 30.9 Å². The van der Waals surface area contributed by atoms with E-state index in [0.717, 1.165) is 16.8 Å². The minimum Gasteiger partial charge on any atom is -0.483 e. The van der Waals surface area contributed by atoms with Crippen LogP contribution in [0, 0.1) is 0 Å². The number of likely N-dealkylation sites (tertiary alicyclic amines) is 1. The zero-order valence-electron chi connectivity index (χ0n) is 18.5. The van der Waals surface area contributed by atoms with Crippen LogP contribution in [0.15, 0.2) is 36.7 Å². The van der Waals surface area contributed by atoms with Crippen molar-refractivity contribution in [2.75, 3.05) is 45.7 Å². The lowest BCUT2D eigenvalue weighted by Crippen LogP contribution is -2.45. The smallest absolute Gasteiger partial charge is 0.290 e. The molecule has 32 heavy (non-hydrogen) atoms. The molecule has 0 unspecified atom stereocenters. The van der Waals surface area contributed by atoms with Crippen LogP contribution in [0.2, 0.25) is 0 Å². The molecule has 2 aliphatic heterocycles. The van der Waals surface area contributed by atoms with Gasteiger partial charge in [0.2, 0.25) is 11.8 Å². The van der Waals surface area contributed by atoms with Crippen molar-refractivity contribution in [2.24, 2.45) is 7.05 Å². The van der Waals surface area contributed by atoms with Gasteiger partial charge in [-0.3, -0.25) is 24.0 Å². The summed E-state index contributed by atoms with van der Waals surface area (Å²) in [5.41, 5.74) is 1.88. The minimum atomic E-state index is -0.791. The third kappa shape index (κ3) is 4.23. The van der Waals surface area contributed by atoms with E-state index < -0.39 is 5.41 Å². The van der Waals surface area contributed by atoms with E-state index in [1.807, 2.05) is 54.4 Å². The van der Waals surface area contributed by atoms with Gasteiger partial charge in [0.1, 0.15) is 5.41 Å². The number of carbonyl (C=O) groups is 3. The maximum Gasteiger partial charge on any atom is 0.290 e. The standard InChI is InChI=1S/C21H27N5O3.CH2O2/c1-24(10-11-29-3)14-18(27)26-9-8-21(19(26)15-12-22-25(2)13-15)16-6-4-5-7-17(16)23-20(21)28;2-1-3/h4-7,12-13,19H,8-11,14H2,1-3H3,(H,23,28);1H,(H,2,3)/t19-,21+;/m0./s1. The fourth-order valence-electron chi connectivity index (χ4n) is 4.65. The second kappa shape index (κ2) is 9.92. The largest absolute Gasteiger partial charge is 0.483 e. The van der Waals surface area contributed by atoms with E-state index in [1.165, 1.54) is 0 Å². The van der Waals surface area contributed by atoms with Gasteiger partial charge in [-0.1, -0.05) is 18.2 Å². The number of fused-ring (bicyclic) bond motifs is 2. The number of amides is 2. The Morgan fingerprint density at radius 1 is 1.44 bits per heavy atom. The molecule has 3 heterocycles. The fraction of sp³-hybridized carbons (Fsp3) is 0.455. The van der Waals surface area contributed by atoms with E-state index in [4.69, 9.17) is 14.6 Å². The summed E-state index contributed by atoms with van der Waals surface area (Å²) in [6.45, 7) is 1.79. The summed E-state index contributed by atoms with van der Waals surface area (Å²) in [5, 5.41) is 14.2. The van der Waals surface area contributed by atoms with E-state index in [0.29, 0.717) is 26.1 Å². The van der Waals surface area contributed by atoms with E-state index in [1.54, 1.807) is 18.0 Å². The summed E-state index contributed by atoms with van der Waals surface area (Å²) >= 11 is 0. The number of methoxy groups -OCH3 is 1. The maximum atomic E-state index is 13.3. The molecule has 4 rings (SSSR count). The predicted molar refractivity (Wildman–Crippen MR) is 117 cm³/mol. The van der Waals surface area contributed by atoms with Crippen LogP contribution in [0.4, 0.5) is 5.69 Å². The van der Waals surface area contributed by atoms with Crippen LogP contribution in [0.25, 0.3) is 0 Å². The summed E-state index contributed by atoms with van der Waals surface area (Å²) in [6.07, 6.45) is 4.25. The molecule has 10 heteroatoms. The summed E-state index contributed by atoms with van der Waals surface area (Å²) in [4.78, 5) is 38.7. The lowest BCUT2D eigenvalue weighted by Gasteiger charge is -2.34. The van der Waals surface area contributed by atoms with Crippen molar-refractivity contribution in [3.63, 3.8) is 0 Å². The Hall–Kier alpha value is -3.24. The van der Waals surface area contributed by atoms with Crippen LogP contribution in [-0.2, 0) is 31.6 Å². The third-order valence-corrected chi connectivity index (χ3v) is 6.03. The Bertz CT molecular complexity index is 977. The molecule has 1 fully saturated rings. The fourth-order valence-corrected chi connectivity index (χ4v) is 4.65. The Kier molecular flexibility index (Phi) is 7.26. The van der Waals surface area contributed by atoms with Crippen molar-refractivity contribution in [1.82, 2.24) is 19.6 Å². The number of carbonyl (C=O) groups excluding carboxylic acids is 2. The van der Waals surface area contributed by atoms with Crippen molar-refractivity contribution in [1.29, 1.82) is 0 Å². The molecule has 1 spiro atoms. The third-order valence-electron chi connectivity index (χ3n) is 6.03. The Labute approximate surface area is 186 Å². The molecule has 2 atom stereocenters. The molecular formula is C22H29N5O5. The van der Waals surface area contributed by atoms with Gasteiger partial charge in [-0.15, -0.1) is 0 Å². The number of anilines is 1. The summed E-state index contributed by atoms with van der Waals surface area (Å²) in [6, 6.07) is 7.40. The summed E-state index contributed by atoms with van der Waals surface area (Å²) < 4.78 is 6.83. The van der Waals surface area contributed by atoms with Crippen molar-refractivity contribution >= 4 is 24.0 Å². The van der Waals surface area contributed by atoms with Crippen LogP contribution in [0.1, 0.15) is 23.6 Å². The number of para-hydroxylation sites is 1. The number of benzene rings is 1. The molecule has 0 bridgehead atoms. The van der Waals surface area contributed by atoms with Gasteiger partial charge in [-0.25, -0.2) is 0 Å². The molecular weight excluding hydrogens is 414 g/mol. The Morgan fingerprint density at radius 2 is 2.16 bits per heavy atom. The zero-order valence-corrected chi connectivity index (χ0v) is 18.5. The number of aryl methyl sites for hydroxylation is 1. The molecule has 1 aromatic heterocycles. The molecule has 2 aromatic rings. The topological polar surface area (TPSA) is 117 Å². The zero-order chi connectivity index (χ0) is 23.3. The number of ether oxygens (including phenoxy) is 1. The lowest BCUT2D eigenvalue weighted by atomic mass is 9.73. The highest BCUT2D eigenvalue weighted by molar-refractivity contribution is 6.07. The first-order valence-corrected chi connectivity index (χ1v) is 10.3. The average Bonchev–Trinajstić information content (AvgIpc) is 3.44. The van der Waals surface area contributed by atoms with Crippen molar-refractivity contribution in [3.8, 4) is 0 Å². The van der Waals surface area contributed by atoms with Crippen LogP contribution in [0.3, 0.4) is 0 Å². The second-order valence-corrected chi connectivity index (χ2v) is 7.99. The number of aromatic nitrogens is 2. The van der Waals surface area contributed by atoms with Gasteiger partial charge in [0.15, 0.2) is 0 Å². The van der Waals surface area contributed by atoms with Gasteiger partial charge in [0, 0.05) is 44.7 Å². The average molecular weight is 444 g/mol. The number of carboxylic acid groups (broad SMARTS) is 1. The van der Waals surface area contributed by atoms with Gasteiger partial charge in [0.25, 0.3) is 6.47 Å². The quantitative estimate of drug-likeness (QED) is 0.636. The van der Waals surface area contributed by atoms with Gasteiger partial charge in [-0.05, 0) is 25.1 Å². The highest BCUT2D eigenvalue weighted by Gasteiger charge is 2.59. The molecule has 2 N–H and O–H groups in total. The monoisotopic (exact) mass is 443 g/mol. The van der Waals surface area contributed by atoms with Gasteiger partial charge < -0.3 is 20.1 Å². The van der Waals surface area contributed by atoms with Gasteiger partial charge >= 0.3 is 0 Å². The maximum absolute atomic E-state index is 13.3. The first-order chi connectivity index (χ1) is 15.4. The molecule has 1 aromatic carbocycles. The predicted octanol–water partition coefficient (Wildman–Crippen LogP) is 0.863. The van der Waals surface area contributed by atoms with Crippen LogP contribution >= 0.6 is 0 Å². The van der Waals surface area contributed by atoms with Crippen molar-refractivity contribution in [3.05, 3.63) is 47.8 Å². The molecule has 0 radical (unpaired) electrons. The highest BCUT2D eigenvalue weighted by atomic mass is 16.5. The van der Waals surface area contributed by atoms with Crippen LogP contribution in [0.5, 0.6) is 0 Å². The van der Waals surface area contributed by atoms with Crippen LogP contribution in [-0.4, -0.2) is 83.4 Å². The summed E-state index contributed by atoms with van der Waals surface area (Å²) in [7, 11) is 5.40. The number of rotatable bonds is 6. The Balaban J connectivity index is 0.000000913. The molecule has 0 saturated carbocycles. The molecule has 2 aliphatic rings. The molecule has 1 saturated heterocycles. The van der Waals surface area contributed by atoms with E-state index in [9.17, 15) is 9.59 Å². The van der Waals surface area contributed by atoms with E-state index >= 15 is 0 Å². The van der Waals surface area contributed by atoms with Gasteiger partial charge in [0.05, 0.1) is 25.4 Å². The molecule has 172 valence electrons. The first-order valence-electron chi connectivity index (χ1n) is 10.3. The summed E-state index contributed by atoms with van der Waals surface area (Å²) in [5.74, 6) is -0.0397. The highest BCUT2D eigenvalue weighted by Crippen LogP contribution is 2.54. The van der Waals surface area contributed by atoms with Crippen LogP contribution < -0.4 is 5.32 Å². The number of hydrogen-bond donors (Lipinski definition) is 2. The first kappa shape index (κ1) is 23.4. The number of nitrogens with one attached hydrogen (secondary N) is 1. The molecule has 0 aliphatic carbocycles.